The summed E-state index contributed by atoms with van der Waals surface area (Å²) in [4.78, 5) is 31.8. The first-order chi connectivity index (χ1) is 9.54. The molecule has 3 amide bonds. The van der Waals surface area contributed by atoms with Crippen LogP contribution in [0, 0.1) is 0 Å². The minimum absolute atomic E-state index is 0.0480. The average molecular weight is 300 g/mol. The van der Waals surface area contributed by atoms with Gasteiger partial charge in [0, 0.05) is 25.3 Å². The van der Waals surface area contributed by atoms with Gasteiger partial charge in [-0.05, 0) is 30.5 Å². The summed E-state index contributed by atoms with van der Waals surface area (Å²) in [6, 6.07) is 0.943. The number of nitrogens with zero attached hydrogens (tertiary/aromatic N) is 3. The summed E-state index contributed by atoms with van der Waals surface area (Å²) in [5.74, 6) is 0.309. The summed E-state index contributed by atoms with van der Waals surface area (Å²) in [6.07, 6.45) is 1.81. The standard InChI is InChI=1S/C11H14ClN5O3/c12-9-13-4-3-8(15-9)16-10(18)17-5-1-2-7(6-17)14-11(19)20/h3-4,7,14H,1-2,5-6H2,(H,19,20)(H,13,15,16,18). The van der Waals surface area contributed by atoms with Crippen molar-refractivity contribution in [3.63, 3.8) is 0 Å². The summed E-state index contributed by atoms with van der Waals surface area (Å²) in [5, 5.41) is 13.7. The van der Waals surface area contributed by atoms with Gasteiger partial charge in [0.25, 0.3) is 0 Å². The number of likely N-dealkylation sites (tertiary alicyclic amines) is 1. The second-order valence-electron chi connectivity index (χ2n) is 4.38. The molecule has 1 fully saturated rings. The number of halogens is 1. The number of rotatable bonds is 2. The number of carbonyl (C=O) groups excluding carboxylic acids is 1. The second-order valence-corrected chi connectivity index (χ2v) is 4.71. The maximum atomic E-state index is 12.0. The number of anilines is 1. The molecule has 0 radical (unpaired) electrons. The molecule has 0 spiro atoms. The first kappa shape index (κ1) is 14.3. The number of carbonyl (C=O) groups is 2. The second kappa shape index (κ2) is 6.38. The predicted molar refractivity (Wildman–Crippen MR) is 71.8 cm³/mol. The van der Waals surface area contributed by atoms with E-state index in [4.69, 9.17) is 16.7 Å². The number of hydrogen-bond donors (Lipinski definition) is 3. The van der Waals surface area contributed by atoms with E-state index in [1.165, 1.54) is 12.3 Å². The van der Waals surface area contributed by atoms with Crippen LogP contribution in [0.15, 0.2) is 12.3 Å². The van der Waals surface area contributed by atoms with Gasteiger partial charge in [0.1, 0.15) is 5.82 Å². The number of aromatic nitrogens is 2. The number of nitrogens with one attached hydrogen (secondary N) is 2. The zero-order valence-electron chi connectivity index (χ0n) is 10.5. The number of carboxylic acid groups (broad SMARTS) is 1. The van der Waals surface area contributed by atoms with Crippen molar-refractivity contribution >= 4 is 29.5 Å². The molecule has 1 aliphatic heterocycles. The van der Waals surface area contributed by atoms with E-state index >= 15 is 0 Å². The highest BCUT2D eigenvalue weighted by molar-refractivity contribution is 6.28. The summed E-state index contributed by atoms with van der Waals surface area (Å²) < 4.78 is 0. The smallest absolute Gasteiger partial charge is 0.404 e. The lowest BCUT2D eigenvalue weighted by molar-refractivity contribution is 0.166. The van der Waals surface area contributed by atoms with Crippen LogP contribution in [0.4, 0.5) is 15.4 Å². The topological polar surface area (TPSA) is 107 Å². The zero-order chi connectivity index (χ0) is 14.5. The van der Waals surface area contributed by atoms with Gasteiger partial charge in [-0.1, -0.05) is 0 Å². The van der Waals surface area contributed by atoms with Crippen molar-refractivity contribution in [1.82, 2.24) is 20.2 Å². The maximum Gasteiger partial charge on any atom is 0.404 e. The normalized spacial score (nSPS) is 18.4. The largest absolute Gasteiger partial charge is 0.465 e. The third-order valence-corrected chi connectivity index (χ3v) is 3.08. The van der Waals surface area contributed by atoms with Gasteiger partial charge in [0.15, 0.2) is 0 Å². The fourth-order valence-corrected chi connectivity index (χ4v) is 2.19. The molecule has 2 heterocycles. The highest BCUT2D eigenvalue weighted by Gasteiger charge is 2.24. The van der Waals surface area contributed by atoms with Gasteiger partial charge in [0.2, 0.25) is 5.28 Å². The van der Waals surface area contributed by atoms with Crippen molar-refractivity contribution in [3.05, 3.63) is 17.5 Å². The van der Waals surface area contributed by atoms with Crippen molar-refractivity contribution in [2.24, 2.45) is 0 Å². The third kappa shape index (κ3) is 3.95. The van der Waals surface area contributed by atoms with Crippen LogP contribution < -0.4 is 10.6 Å². The van der Waals surface area contributed by atoms with Gasteiger partial charge in [-0.2, -0.15) is 0 Å². The van der Waals surface area contributed by atoms with Crippen LogP contribution in [0.1, 0.15) is 12.8 Å². The average Bonchev–Trinajstić information content (AvgIpc) is 2.38. The van der Waals surface area contributed by atoms with Crippen molar-refractivity contribution in [2.75, 3.05) is 18.4 Å². The molecule has 0 bridgehead atoms. The molecule has 1 saturated heterocycles. The highest BCUT2D eigenvalue weighted by atomic mass is 35.5. The van der Waals surface area contributed by atoms with Crippen molar-refractivity contribution in [1.29, 1.82) is 0 Å². The quantitative estimate of drug-likeness (QED) is 0.715. The molecular formula is C11H14ClN5O3. The Labute approximate surface area is 120 Å². The van der Waals surface area contributed by atoms with Gasteiger partial charge in [0.05, 0.1) is 0 Å². The lowest BCUT2D eigenvalue weighted by Crippen LogP contribution is -2.50. The summed E-state index contributed by atoms with van der Waals surface area (Å²) in [5.41, 5.74) is 0. The highest BCUT2D eigenvalue weighted by Crippen LogP contribution is 2.12. The van der Waals surface area contributed by atoms with Crippen LogP contribution in [0.3, 0.4) is 0 Å². The van der Waals surface area contributed by atoms with E-state index in [1.807, 2.05) is 0 Å². The fourth-order valence-electron chi connectivity index (χ4n) is 2.05. The Morgan fingerprint density at radius 2 is 2.30 bits per heavy atom. The summed E-state index contributed by atoms with van der Waals surface area (Å²) in [7, 11) is 0. The Bertz CT molecular complexity index is 513. The van der Waals surface area contributed by atoms with Crippen LogP contribution >= 0.6 is 11.6 Å². The molecule has 0 aromatic carbocycles. The molecule has 9 heteroatoms. The summed E-state index contributed by atoms with van der Waals surface area (Å²) >= 11 is 5.63. The molecule has 108 valence electrons. The SMILES string of the molecule is O=C(O)NC1CCCN(C(=O)Nc2ccnc(Cl)n2)C1. The zero-order valence-corrected chi connectivity index (χ0v) is 11.3. The van der Waals surface area contributed by atoms with Crippen LogP contribution in [0.2, 0.25) is 5.28 Å². The van der Waals surface area contributed by atoms with Gasteiger partial charge >= 0.3 is 12.1 Å². The van der Waals surface area contributed by atoms with E-state index in [0.717, 1.165) is 12.8 Å². The Morgan fingerprint density at radius 1 is 1.50 bits per heavy atom. The molecule has 1 unspecified atom stereocenters. The van der Waals surface area contributed by atoms with Gasteiger partial charge < -0.3 is 15.3 Å². The predicted octanol–water partition coefficient (Wildman–Crippen LogP) is 1.39. The van der Waals surface area contributed by atoms with Crippen molar-refractivity contribution in [3.8, 4) is 0 Å². The Morgan fingerprint density at radius 3 is 3.00 bits per heavy atom. The molecule has 8 nitrogen and oxygen atoms in total. The fraction of sp³-hybridized carbons (Fsp3) is 0.455. The molecular weight excluding hydrogens is 286 g/mol. The van der Waals surface area contributed by atoms with Gasteiger partial charge in [-0.15, -0.1) is 0 Å². The van der Waals surface area contributed by atoms with Crippen LogP contribution in [-0.2, 0) is 0 Å². The first-order valence-corrected chi connectivity index (χ1v) is 6.46. The molecule has 20 heavy (non-hydrogen) atoms. The van der Waals surface area contributed by atoms with Crippen LogP contribution in [0.5, 0.6) is 0 Å². The van der Waals surface area contributed by atoms with Gasteiger partial charge in [-0.25, -0.2) is 19.6 Å². The first-order valence-electron chi connectivity index (χ1n) is 6.08. The molecule has 1 aliphatic rings. The third-order valence-electron chi connectivity index (χ3n) is 2.90. The Hall–Kier alpha value is -2.09. The van der Waals surface area contributed by atoms with Gasteiger partial charge in [-0.3, -0.25) is 5.32 Å². The molecule has 1 atom stereocenters. The Kier molecular flexibility index (Phi) is 4.57. The lowest BCUT2D eigenvalue weighted by atomic mass is 10.1. The van der Waals surface area contributed by atoms with E-state index in [9.17, 15) is 9.59 Å². The lowest BCUT2D eigenvalue weighted by Gasteiger charge is -2.32. The van der Waals surface area contributed by atoms with E-state index in [1.54, 1.807) is 4.90 Å². The maximum absolute atomic E-state index is 12.0. The number of piperidine rings is 1. The molecule has 3 N–H and O–H groups in total. The van der Waals surface area contributed by atoms with Crippen molar-refractivity contribution < 1.29 is 14.7 Å². The minimum atomic E-state index is -1.08. The number of urea groups is 1. The number of hydrogen-bond acceptors (Lipinski definition) is 4. The van der Waals surface area contributed by atoms with Crippen LogP contribution in [-0.4, -0.2) is 51.2 Å². The number of amides is 3. The molecule has 0 aliphatic carbocycles. The summed E-state index contributed by atoms with van der Waals surface area (Å²) in [6.45, 7) is 0.902. The minimum Gasteiger partial charge on any atom is -0.465 e. The molecule has 0 saturated carbocycles. The van der Waals surface area contributed by atoms with E-state index in [2.05, 4.69) is 20.6 Å². The molecule has 2 rings (SSSR count). The van der Waals surface area contributed by atoms with E-state index in [0.29, 0.717) is 18.9 Å². The van der Waals surface area contributed by atoms with Crippen molar-refractivity contribution in [2.45, 2.75) is 18.9 Å². The van der Waals surface area contributed by atoms with Crippen LogP contribution in [0.25, 0.3) is 0 Å². The Balaban J connectivity index is 1.93. The molecule has 1 aromatic rings. The van der Waals surface area contributed by atoms with E-state index < -0.39 is 6.09 Å². The monoisotopic (exact) mass is 299 g/mol. The molecule has 1 aromatic heterocycles. The van der Waals surface area contributed by atoms with E-state index in [-0.39, 0.29) is 17.4 Å².